The number of carbonyl (C=O) groups excluding carboxylic acids is 2. The normalized spacial score (nSPS) is 9.28. The van der Waals surface area contributed by atoms with Gasteiger partial charge < -0.3 is 0 Å². The molecule has 6 nitrogen and oxygen atoms in total. The van der Waals surface area contributed by atoms with Crippen LogP contribution in [0.3, 0.4) is 0 Å². The Balaban J connectivity index is 1.83. The third-order valence-corrected chi connectivity index (χ3v) is 3.36. The van der Waals surface area contributed by atoms with Gasteiger partial charge in [-0.25, -0.2) is 29.6 Å². The second-order valence-electron chi connectivity index (χ2n) is 5.18. The zero-order valence-electron chi connectivity index (χ0n) is 13.6. The molecule has 0 saturated carbocycles. The molecule has 2 aromatic rings. The van der Waals surface area contributed by atoms with E-state index in [9.17, 15) is 9.59 Å². The van der Waals surface area contributed by atoms with E-state index >= 15 is 0 Å². The second-order valence-corrected chi connectivity index (χ2v) is 5.18. The summed E-state index contributed by atoms with van der Waals surface area (Å²) in [6.07, 6.45) is 3.04. The number of isocyanates is 2. The van der Waals surface area contributed by atoms with Crippen molar-refractivity contribution in [3.63, 3.8) is 0 Å². The molecule has 0 unspecified atom stereocenters. The minimum Gasteiger partial charge on any atom is -0.221 e. The van der Waals surface area contributed by atoms with E-state index in [0.717, 1.165) is 22.3 Å². The molecule has 0 aliphatic carbocycles. The van der Waals surface area contributed by atoms with E-state index in [-0.39, 0.29) is 0 Å². The summed E-state index contributed by atoms with van der Waals surface area (Å²) in [5.74, 6) is 0. The second kappa shape index (κ2) is 10.4. The molecule has 0 aliphatic heterocycles. The zero-order chi connectivity index (χ0) is 17.7. The Hall–Kier alpha value is -3.42. The van der Waals surface area contributed by atoms with Crippen LogP contribution < -0.4 is 0 Å². The van der Waals surface area contributed by atoms with E-state index in [0.29, 0.717) is 26.2 Å². The third kappa shape index (κ3) is 6.69. The maximum Gasteiger partial charge on any atom is 0.235 e. The molecule has 0 aromatic heterocycles. The first-order valence-corrected chi connectivity index (χ1v) is 7.62. The van der Waals surface area contributed by atoms with Gasteiger partial charge in [-0.15, -0.1) is 0 Å². The van der Waals surface area contributed by atoms with E-state index in [4.69, 9.17) is 0 Å². The molecule has 0 radical (unpaired) electrons. The largest absolute Gasteiger partial charge is 0.235 e. The van der Waals surface area contributed by atoms with Gasteiger partial charge in [-0.2, -0.15) is 0 Å². The standard InChI is InChI=1S/C19H16N4O2/c24-14-22-11-18-5-1-16(2-6-18)9-20-13-21-10-17-3-7-19(8-4-17)12-23-15-25/h1-8H,9-12H2. The Kier molecular flexibility index (Phi) is 7.44. The first-order valence-electron chi connectivity index (χ1n) is 7.62. The van der Waals surface area contributed by atoms with Crippen molar-refractivity contribution in [2.45, 2.75) is 26.2 Å². The van der Waals surface area contributed by atoms with Crippen LogP contribution in [0, 0.1) is 0 Å². The molecule has 6 heteroatoms. The Morgan fingerprint density at radius 3 is 1.08 bits per heavy atom. The fourth-order valence-electron chi connectivity index (χ4n) is 2.05. The Morgan fingerprint density at radius 1 is 0.520 bits per heavy atom. The lowest BCUT2D eigenvalue weighted by atomic mass is 10.1. The maximum atomic E-state index is 10.1. The van der Waals surface area contributed by atoms with Crippen molar-refractivity contribution in [2.24, 2.45) is 20.0 Å². The van der Waals surface area contributed by atoms with Gasteiger partial charge in [-0.05, 0) is 22.3 Å². The summed E-state index contributed by atoms with van der Waals surface area (Å²) >= 11 is 0. The van der Waals surface area contributed by atoms with Gasteiger partial charge in [0.25, 0.3) is 0 Å². The van der Waals surface area contributed by atoms with Gasteiger partial charge in [0.15, 0.2) is 0 Å². The van der Waals surface area contributed by atoms with Crippen LogP contribution in [0.1, 0.15) is 22.3 Å². The van der Waals surface area contributed by atoms with Crippen molar-refractivity contribution in [2.75, 3.05) is 0 Å². The van der Waals surface area contributed by atoms with Crippen LogP contribution in [0.2, 0.25) is 0 Å². The number of hydrogen-bond donors (Lipinski definition) is 0. The van der Waals surface area contributed by atoms with Gasteiger partial charge in [0.05, 0.1) is 32.2 Å². The van der Waals surface area contributed by atoms with E-state index in [1.54, 1.807) is 0 Å². The topological polar surface area (TPSA) is 83.6 Å². The van der Waals surface area contributed by atoms with Crippen LogP contribution in [-0.2, 0) is 35.8 Å². The number of rotatable bonds is 8. The van der Waals surface area contributed by atoms with Gasteiger partial charge in [0, 0.05) is 0 Å². The van der Waals surface area contributed by atoms with Crippen molar-refractivity contribution in [3.05, 3.63) is 70.8 Å². The number of nitrogens with zero attached hydrogens (tertiary/aromatic N) is 4. The molecule has 0 bridgehead atoms. The van der Waals surface area contributed by atoms with Crippen LogP contribution in [-0.4, -0.2) is 18.2 Å². The minimum absolute atomic E-state index is 0.342. The lowest BCUT2D eigenvalue weighted by Crippen LogP contribution is -1.85. The summed E-state index contributed by atoms with van der Waals surface area (Å²) in [6, 6.07) is 18.0. The predicted octanol–water partition coefficient (Wildman–Crippen LogP) is 3.23. The smallest absolute Gasteiger partial charge is 0.221 e. The highest BCUT2D eigenvalue weighted by Gasteiger charge is 1.94. The molecule has 0 atom stereocenters. The van der Waals surface area contributed by atoms with E-state index < -0.39 is 0 Å². The molecule has 2 aromatic carbocycles. The SMILES string of the molecule is O=C=NCc1ccc(CN=C=NCc2ccc(CN=C=O)cc2)cc1. The molecule has 124 valence electrons. The minimum atomic E-state index is 0.342. The molecule has 0 heterocycles. The summed E-state index contributed by atoms with van der Waals surface area (Å²) in [5, 5.41) is 0. The fourth-order valence-corrected chi connectivity index (χ4v) is 2.05. The molecule has 2 rings (SSSR count). The van der Waals surface area contributed by atoms with Crippen molar-refractivity contribution >= 4 is 18.2 Å². The van der Waals surface area contributed by atoms with Crippen molar-refractivity contribution < 1.29 is 9.59 Å². The highest BCUT2D eigenvalue weighted by Crippen LogP contribution is 2.07. The Bertz CT molecular complexity index is 768. The van der Waals surface area contributed by atoms with E-state index in [1.807, 2.05) is 48.5 Å². The highest BCUT2D eigenvalue weighted by molar-refractivity contribution is 5.42. The molecular formula is C19H16N4O2. The summed E-state index contributed by atoms with van der Waals surface area (Å²) in [6.45, 7) is 1.66. The monoisotopic (exact) mass is 332 g/mol. The van der Waals surface area contributed by atoms with Crippen LogP contribution in [0.15, 0.2) is 68.5 Å². The summed E-state index contributed by atoms with van der Waals surface area (Å²) in [7, 11) is 0. The quantitative estimate of drug-likeness (QED) is 0.549. The highest BCUT2D eigenvalue weighted by atomic mass is 16.1. The molecule has 0 fully saturated rings. The molecule has 25 heavy (non-hydrogen) atoms. The first-order chi connectivity index (χ1) is 12.3. The number of benzene rings is 2. The van der Waals surface area contributed by atoms with E-state index in [2.05, 4.69) is 26.0 Å². The predicted molar refractivity (Wildman–Crippen MR) is 93.8 cm³/mol. The van der Waals surface area contributed by atoms with Gasteiger partial charge >= 0.3 is 0 Å². The van der Waals surface area contributed by atoms with Crippen LogP contribution in [0.25, 0.3) is 0 Å². The van der Waals surface area contributed by atoms with Crippen LogP contribution >= 0.6 is 0 Å². The maximum absolute atomic E-state index is 10.1. The first kappa shape index (κ1) is 17.9. The Labute approximate surface area is 145 Å². The molecule has 0 saturated heterocycles. The average molecular weight is 332 g/mol. The van der Waals surface area contributed by atoms with Crippen molar-refractivity contribution in [1.29, 1.82) is 0 Å². The molecule has 0 spiro atoms. The fraction of sp³-hybridized carbons (Fsp3) is 0.211. The number of hydrogen-bond acceptors (Lipinski definition) is 6. The summed E-state index contributed by atoms with van der Waals surface area (Å²) in [5.41, 5.74) is 3.96. The lowest BCUT2D eigenvalue weighted by Gasteiger charge is -1.98. The molecule has 0 aliphatic rings. The average Bonchev–Trinajstić information content (AvgIpc) is 2.66. The van der Waals surface area contributed by atoms with E-state index in [1.165, 1.54) is 12.2 Å². The van der Waals surface area contributed by atoms with Crippen molar-refractivity contribution in [1.82, 2.24) is 0 Å². The summed E-state index contributed by atoms with van der Waals surface area (Å²) in [4.78, 5) is 35.5. The van der Waals surface area contributed by atoms with Gasteiger partial charge in [-0.1, -0.05) is 48.5 Å². The van der Waals surface area contributed by atoms with Gasteiger partial charge in [-0.3, -0.25) is 0 Å². The third-order valence-electron chi connectivity index (χ3n) is 3.36. The molecule has 0 amide bonds. The number of aliphatic imine (C=N–C) groups is 4. The lowest BCUT2D eigenvalue weighted by molar-refractivity contribution is 0.562. The Morgan fingerprint density at radius 2 is 0.800 bits per heavy atom. The molecule has 0 N–H and O–H groups in total. The van der Waals surface area contributed by atoms with Crippen LogP contribution in [0.4, 0.5) is 0 Å². The van der Waals surface area contributed by atoms with Gasteiger partial charge in [0.1, 0.15) is 0 Å². The van der Waals surface area contributed by atoms with Crippen molar-refractivity contribution in [3.8, 4) is 0 Å². The summed E-state index contributed by atoms with van der Waals surface area (Å²) < 4.78 is 0. The van der Waals surface area contributed by atoms with Gasteiger partial charge in [0.2, 0.25) is 12.2 Å². The van der Waals surface area contributed by atoms with Crippen LogP contribution in [0.5, 0.6) is 0 Å². The molecular weight excluding hydrogens is 316 g/mol. The zero-order valence-corrected chi connectivity index (χ0v) is 13.6.